The SMILES string of the molecule is O=C(CSc1nnc(-c2cccc([N+](=O)[O-])c2)n1-c1ccccc1)N/N=C\c1cccs1. The molecule has 2 heterocycles. The van der Waals surface area contributed by atoms with Crippen LogP contribution in [0.25, 0.3) is 17.1 Å². The number of carbonyl (C=O) groups excluding carboxylic acids is 1. The van der Waals surface area contributed by atoms with Crippen LogP contribution in [0.15, 0.2) is 82.4 Å². The number of nitrogens with zero attached hydrogens (tertiary/aromatic N) is 5. The lowest BCUT2D eigenvalue weighted by atomic mass is 10.2. The van der Waals surface area contributed by atoms with Crippen molar-refractivity contribution >= 4 is 40.9 Å². The lowest BCUT2D eigenvalue weighted by Crippen LogP contribution is -2.19. The Morgan fingerprint density at radius 1 is 1.16 bits per heavy atom. The summed E-state index contributed by atoms with van der Waals surface area (Å²) in [6, 6.07) is 19.4. The molecule has 0 aliphatic heterocycles. The van der Waals surface area contributed by atoms with Gasteiger partial charge in [-0.1, -0.05) is 48.2 Å². The summed E-state index contributed by atoms with van der Waals surface area (Å²) in [5.74, 6) is 0.225. The average Bonchev–Trinajstić information content (AvgIpc) is 3.48. The largest absolute Gasteiger partial charge is 0.272 e. The van der Waals surface area contributed by atoms with Gasteiger partial charge in [0.15, 0.2) is 11.0 Å². The fourth-order valence-electron chi connectivity index (χ4n) is 2.81. The number of benzene rings is 2. The van der Waals surface area contributed by atoms with E-state index in [2.05, 4.69) is 20.7 Å². The van der Waals surface area contributed by atoms with E-state index in [1.54, 1.807) is 22.9 Å². The van der Waals surface area contributed by atoms with Gasteiger partial charge in [0.1, 0.15) is 0 Å². The van der Waals surface area contributed by atoms with Gasteiger partial charge in [-0.2, -0.15) is 5.10 Å². The zero-order chi connectivity index (χ0) is 22.3. The second-order valence-electron chi connectivity index (χ2n) is 6.38. The van der Waals surface area contributed by atoms with E-state index in [9.17, 15) is 14.9 Å². The minimum atomic E-state index is -0.455. The number of nitro groups is 1. The molecule has 0 atom stereocenters. The molecule has 1 amide bonds. The van der Waals surface area contributed by atoms with Crippen LogP contribution in [0.1, 0.15) is 4.88 Å². The molecule has 0 radical (unpaired) electrons. The van der Waals surface area contributed by atoms with E-state index in [4.69, 9.17) is 0 Å². The number of amides is 1. The molecule has 0 saturated carbocycles. The molecule has 4 aromatic rings. The van der Waals surface area contributed by atoms with E-state index in [1.165, 1.54) is 35.2 Å². The van der Waals surface area contributed by atoms with Crippen LogP contribution in [-0.2, 0) is 4.79 Å². The van der Waals surface area contributed by atoms with Gasteiger partial charge < -0.3 is 0 Å². The zero-order valence-electron chi connectivity index (χ0n) is 16.5. The smallest absolute Gasteiger partial charge is 0.270 e. The van der Waals surface area contributed by atoms with Crippen molar-refractivity contribution < 1.29 is 9.72 Å². The number of carbonyl (C=O) groups is 1. The van der Waals surface area contributed by atoms with E-state index >= 15 is 0 Å². The molecule has 1 N–H and O–H groups in total. The molecule has 0 aliphatic carbocycles. The van der Waals surface area contributed by atoms with E-state index in [-0.39, 0.29) is 17.3 Å². The molecule has 2 aromatic carbocycles. The maximum atomic E-state index is 12.2. The third-order valence-corrected chi connectivity index (χ3v) is 5.96. The molecular formula is C21H16N6O3S2. The van der Waals surface area contributed by atoms with Gasteiger partial charge in [0, 0.05) is 28.3 Å². The highest BCUT2D eigenvalue weighted by Crippen LogP contribution is 2.29. The van der Waals surface area contributed by atoms with Gasteiger partial charge in [-0.05, 0) is 23.6 Å². The van der Waals surface area contributed by atoms with Crippen LogP contribution in [0.4, 0.5) is 5.69 Å². The number of hydrogen-bond donors (Lipinski definition) is 1. The van der Waals surface area contributed by atoms with E-state index < -0.39 is 4.92 Å². The topological polar surface area (TPSA) is 115 Å². The highest BCUT2D eigenvalue weighted by Gasteiger charge is 2.19. The Labute approximate surface area is 191 Å². The van der Waals surface area contributed by atoms with Crippen LogP contribution >= 0.6 is 23.1 Å². The molecule has 0 aliphatic rings. The van der Waals surface area contributed by atoms with Crippen LogP contribution in [-0.4, -0.2) is 37.6 Å². The highest BCUT2D eigenvalue weighted by molar-refractivity contribution is 7.99. The molecule has 2 aromatic heterocycles. The van der Waals surface area contributed by atoms with Gasteiger partial charge in [-0.25, -0.2) is 5.43 Å². The van der Waals surface area contributed by atoms with Gasteiger partial charge in [0.2, 0.25) is 0 Å². The summed E-state index contributed by atoms with van der Waals surface area (Å²) in [4.78, 5) is 23.9. The summed E-state index contributed by atoms with van der Waals surface area (Å²) in [6.45, 7) is 0. The Morgan fingerprint density at radius 3 is 2.75 bits per heavy atom. The van der Waals surface area contributed by atoms with Crippen molar-refractivity contribution in [1.29, 1.82) is 0 Å². The van der Waals surface area contributed by atoms with Crippen molar-refractivity contribution in [2.45, 2.75) is 5.16 Å². The normalized spacial score (nSPS) is 11.0. The van der Waals surface area contributed by atoms with Crippen LogP contribution < -0.4 is 5.43 Å². The second kappa shape index (κ2) is 9.98. The summed E-state index contributed by atoms with van der Waals surface area (Å²) in [5, 5.41) is 26.0. The Kier molecular flexibility index (Phi) is 6.68. The fraction of sp³-hybridized carbons (Fsp3) is 0.0476. The number of nitro benzene ring substituents is 1. The van der Waals surface area contributed by atoms with Crippen molar-refractivity contribution in [3.63, 3.8) is 0 Å². The third kappa shape index (κ3) is 5.07. The highest BCUT2D eigenvalue weighted by atomic mass is 32.2. The first-order valence-corrected chi connectivity index (χ1v) is 11.2. The van der Waals surface area contributed by atoms with Crippen molar-refractivity contribution in [3.8, 4) is 17.1 Å². The molecule has 0 bridgehead atoms. The first-order chi connectivity index (χ1) is 15.6. The number of hydrazone groups is 1. The monoisotopic (exact) mass is 464 g/mol. The molecule has 160 valence electrons. The maximum absolute atomic E-state index is 12.2. The molecule has 32 heavy (non-hydrogen) atoms. The van der Waals surface area contributed by atoms with Crippen molar-refractivity contribution in [1.82, 2.24) is 20.2 Å². The lowest BCUT2D eigenvalue weighted by Gasteiger charge is -2.10. The van der Waals surface area contributed by atoms with Crippen LogP contribution in [0.3, 0.4) is 0 Å². The van der Waals surface area contributed by atoms with Crippen molar-refractivity contribution in [2.75, 3.05) is 5.75 Å². The van der Waals surface area contributed by atoms with E-state index in [0.717, 1.165) is 10.6 Å². The quantitative estimate of drug-likeness (QED) is 0.181. The predicted octanol–water partition coefficient (Wildman–Crippen LogP) is 4.15. The molecular weight excluding hydrogens is 448 g/mol. The first kappa shape index (κ1) is 21.4. The van der Waals surface area contributed by atoms with E-state index in [0.29, 0.717) is 16.5 Å². The van der Waals surface area contributed by atoms with Crippen LogP contribution in [0.5, 0.6) is 0 Å². The predicted molar refractivity (Wildman–Crippen MR) is 124 cm³/mol. The third-order valence-electron chi connectivity index (χ3n) is 4.22. The number of non-ortho nitro benzene ring substituents is 1. The first-order valence-electron chi connectivity index (χ1n) is 9.35. The minimum absolute atomic E-state index is 0.0395. The van der Waals surface area contributed by atoms with Gasteiger partial charge in [-0.3, -0.25) is 19.5 Å². The standard InChI is InChI=1S/C21H16N6O3S2/c28-19(23-22-13-18-10-5-11-31-18)14-32-21-25-24-20(26(21)16-7-2-1-3-8-16)15-6-4-9-17(12-15)27(29)30/h1-13H,14H2,(H,23,28)/b22-13-. The molecule has 11 heteroatoms. The Hall–Kier alpha value is -3.83. The number of thioether (sulfide) groups is 1. The summed E-state index contributed by atoms with van der Waals surface area (Å²) in [7, 11) is 0. The summed E-state index contributed by atoms with van der Waals surface area (Å²) in [5.41, 5.74) is 3.78. The number of rotatable bonds is 8. The Morgan fingerprint density at radius 2 is 2.00 bits per heavy atom. The van der Waals surface area contributed by atoms with Crippen molar-refractivity contribution in [3.05, 3.63) is 87.1 Å². The molecule has 0 spiro atoms. The summed E-state index contributed by atoms with van der Waals surface area (Å²) in [6.07, 6.45) is 1.58. The van der Waals surface area contributed by atoms with Gasteiger partial charge in [0.05, 0.1) is 16.9 Å². The zero-order valence-corrected chi connectivity index (χ0v) is 18.1. The molecule has 0 saturated heterocycles. The minimum Gasteiger partial charge on any atom is -0.272 e. The van der Waals surface area contributed by atoms with Crippen LogP contribution in [0.2, 0.25) is 0 Å². The maximum Gasteiger partial charge on any atom is 0.270 e. The number of para-hydroxylation sites is 1. The van der Waals surface area contributed by atoms with Gasteiger partial charge in [-0.15, -0.1) is 21.5 Å². The summed E-state index contributed by atoms with van der Waals surface area (Å²) < 4.78 is 1.77. The number of hydrogen-bond acceptors (Lipinski definition) is 8. The molecule has 4 rings (SSSR count). The molecule has 9 nitrogen and oxygen atoms in total. The summed E-state index contributed by atoms with van der Waals surface area (Å²) >= 11 is 2.71. The number of thiophene rings is 1. The number of nitrogens with one attached hydrogen (secondary N) is 1. The Balaban J connectivity index is 1.57. The number of aromatic nitrogens is 3. The van der Waals surface area contributed by atoms with Gasteiger partial charge in [0.25, 0.3) is 11.6 Å². The lowest BCUT2D eigenvalue weighted by molar-refractivity contribution is -0.384. The van der Waals surface area contributed by atoms with E-state index in [1.807, 2.05) is 47.8 Å². The van der Waals surface area contributed by atoms with Gasteiger partial charge >= 0.3 is 0 Å². The second-order valence-corrected chi connectivity index (χ2v) is 8.30. The fourth-order valence-corrected chi connectivity index (χ4v) is 4.14. The molecule has 0 fully saturated rings. The average molecular weight is 465 g/mol. The van der Waals surface area contributed by atoms with Crippen molar-refractivity contribution in [2.24, 2.45) is 5.10 Å². The van der Waals surface area contributed by atoms with Crippen LogP contribution in [0, 0.1) is 10.1 Å². The Bertz CT molecular complexity index is 1260. The molecule has 0 unspecified atom stereocenters.